The third kappa shape index (κ3) is 8.72. The molecular formula is C35H41F3N6O5. The minimum atomic E-state index is -4.50. The molecule has 0 unspecified atom stereocenters. The fourth-order valence-corrected chi connectivity index (χ4v) is 7.08. The Bertz CT molecular complexity index is 1700. The molecule has 2 fully saturated rings. The zero-order valence-electron chi connectivity index (χ0n) is 27.6. The number of esters is 1. The number of hydrogen-bond acceptors (Lipinski definition) is 8. The van der Waals surface area contributed by atoms with Gasteiger partial charge in [-0.15, -0.1) is 0 Å². The smallest absolute Gasteiger partial charge is 0.404 e. The van der Waals surface area contributed by atoms with E-state index in [0.29, 0.717) is 29.4 Å². The maximum atomic E-state index is 14.3. The molecule has 3 amide bonds. The van der Waals surface area contributed by atoms with Crippen LogP contribution in [0.3, 0.4) is 0 Å². The van der Waals surface area contributed by atoms with Gasteiger partial charge in [0.25, 0.3) is 5.91 Å². The van der Waals surface area contributed by atoms with Gasteiger partial charge in [-0.05, 0) is 74.3 Å². The molecule has 1 saturated carbocycles. The zero-order valence-corrected chi connectivity index (χ0v) is 27.6. The van der Waals surface area contributed by atoms with E-state index in [1.54, 1.807) is 36.4 Å². The van der Waals surface area contributed by atoms with Crippen molar-refractivity contribution < 1.29 is 37.1 Å². The standard InChI is InChI=1S/C35H41F3N6O5/c1-19-12-24-25(13-20(19)2)41-28(17-40-24)34(48)43-27(16-32(39)46)33(47)42-26(14-22-8-5-4-6-9-22)30(49-21(3)45)18-44-29-11-7-10-23(29)15-31(44)35(36,37)38/h4-6,8-9,12-13,17,23,26-27,29-31H,7,10-11,14-16,18H2,1-3H3,(H2,39,46)(H,42,47)(H,43,48)/t23-,26-,27-,29-,30+,31-/m0/s1. The van der Waals surface area contributed by atoms with Crippen LogP contribution in [-0.4, -0.2) is 81.6 Å². The molecule has 2 heterocycles. The molecular weight excluding hydrogens is 641 g/mol. The Morgan fingerprint density at radius 3 is 2.39 bits per heavy atom. The normalized spacial score (nSPS) is 21.1. The Hall–Kier alpha value is -4.59. The van der Waals surface area contributed by atoms with Gasteiger partial charge in [0.2, 0.25) is 11.8 Å². The van der Waals surface area contributed by atoms with E-state index in [-0.39, 0.29) is 37.0 Å². The third-order valence-corrected chi connectivity index (χ3v) is 9.55. The molecule has 1 aliphatic carbocycles. The van der Waals surface area contributed by atoms with Crippen molar-refractivity contribution in [3.8, 4) is 0 Å². The number of fused-ring (bicyclic) bond motifs is 2. The first-order valence-electron chi connectivity index (χ1n) is 16.4. The second-order valence-electron chi connectivity index (χ2n) is 13.1. The summed E-state index contributed by atoms with van der Waals surface area (Å²) >= 11 is 0. The topological polar surface area (TPSA) is 157 Å². The fraction of sp³-hybridized carbons (Fsp3) is 0.486. The number of likely N-dealkylation sites (tertiary alicyclic amines) is 1. The van der Waals surface area contributed by atoms with Gasteiger partial charge in [0, 0.05) is 19.5 Å². The number of aromatic nitrogens is 2. The molecule has 0 bridgehead atoms. The molecule has 3 aromatic rings. The third-order valence-electron chi connectivity index (χ3n) is 9.55. The lowest BCUT2D eigenvalue weighted by atomic mass is 9.99. The monoisotopic (exact) mass is 682 g/mol. The van der Waals surface area contributed by atoms with Gasteiger partial charge in [-0.3, -0.25) is 29.1 Å². The maximum absolute atomic E-state index is 14.3. The molecule has 11 nitrogen and oxygen atoms in total. The summed E-state index contributed by atoms with van der Waals surface area (Å²) in [4.78, 5) is 61.7. The molecule has 262 valence electrons. The first kappa shape index (κ1) is 35.7. The number of ether oxygens (including phenoxy) is 1. The molecule has 5 rings (SSSR count). The minimum Gasteiger partial charge on any atom is -0.459 e. The van der Waals surface area contributed by atoms with E-state index in [1.807, 2.05) is 19.9 Å². The number of halogens is 3. The van der Waals surface area contributed by atoms with Crippen molar-refractivity contribution in [2.45, 2.75) is 95.7 Å². The summed E-state index contributed by atoms with van der Waals surface area (Å²) in [7, 11) is 0. The second-order valence-corrected chi connectivity index (χ2v) is 13.1. The molecule has 0 radical (unpaired) electrons. The number of nitrogens with one attached hydrogen (secondary N) is 2. The van der Waals surface area contributed by atoms with Gasteiger partial charge in [0.1, 0.15) is 23.9 Å². The van der Waals surface area contributed by atoms with E-state index < -0.39 is 60.5 Å². The largest absolute Gasteiger partial charge is 0.459 e. The molecule has 6 atom stereocenters. The Morgan fingerprint density at radius 1 is 1.04 bits per heavy atom. The van der Waals surface area contributed by atoms with Gasteiger partial charge in [-0.2, -0.15) is 13.2 Å². The number of alkyl halides is 3. The first-order chi connectivity index (χ1) is 23.2. The van der Waals surface area contributed by atoms with E-state index in [0.717, 1.165) is 24.5 Å². The number of carbonyl (C=O) groups is 4. The maximum Gasteiger partial charge on any atom is 0.404 e. The highest BCUT2D eigenvalue weighted by Crippen LogP contribution is 2.46. The number of nitrogens with two attached hydrogens (primary N) is 1. The first-order valence-corrected chi connectivity index (χ1v) is 16.4. The number of rotatable bonds is 12. The Kier molecular flexibility index (Phi) is 10.9. The Morgan fingerprint density at radius 2 is 1.73 bits per heavy atom. The van der Waals surface area contributed by atoms with Crippen molar-refractivity contribution in [1.82, 2.24) is 25.5 Å². The van der Waals surface area contributed by atoms with Crippen LogP contribution >= 0.6 is 0 Å². The zero-order chi connectivity index (χ0) is 35.5. The van der Waals surface area contributed by atoms with Crippen LogP contribution in [0.15, 0.2) is 48.7 Å². The SMILES string of the molecule is CC(=O)O[C@H](CN1[C@H](C(F)(F)F)C[C@@H]2CCC[C@@H]21)[C@H](Cc1ccccc1)NC(=O)[C@H](CC(N)=O)NC(=O)c1cnc2cc(C)c(C)cc2n1. The van der Waals surface area contributed by atoms with E-state index >= 15 is 0 Å². The number of hydrogen-bond donors (Lipinski definition) is 3. The van der Waals surface area contributed by atoms with Crippen molar-refractivity contribution in [3.05, 3.63) is 71.0 Å². The predicted molar refractivity (Wildman–Crippen MR) is 174 cm³/mol. The number of benzene rings is 2. The van der Waals surface area contributed by atoms with Gasteiger partial charge >= 0.3 is 12.1 Å². The summed E-state index contributed by atoms with van der Waals surface area (Å²) < 4.78 is 48.5. The lowest BCUT2D eigenvalue weighted by molar-refractivity contribution is -0.185. The Balaban J connectivity index is 1.42. The van der Waals surface area contributed by atoms with Crippen LogP contribution in [0.25, 0.3) is 11.0 Å². The van der Waals surface area contributed by atoms with Crippen LogP contribution in [-0.2, 0) is 25.5 Å². The molecule has 4 N–H and O–H groups in total. The second kappa shape index (κ2) is 14.9. The highest BCUT2D eigenvalue weighted by Gasteiger charge is 2.55. The molecule has 1 aliphatic heterocycles. The van der Waals surface area contributed by atoms with Gasteiger partial charge in [-0.1, -0.05) is 36.8 Å². The van der Waals surface area contributed by atoms with Crippen LogP contribution in [0.1, 0.15) is 66.2 Å². The van der Waals surface area contributed by atoms with E-state index in [1.165, 1.54) is 11.1 Å². The summed E-state index contributed by atoms with van der Waals surface area (Å²) in [6, 6.07) is 7.91. The van der Waals surface area contributed by atoms with Crippen molar-refractivity contribution in [1.29, 1.82) is 0 Å². The molecule has 0 spiro atoms. The fourth-order valence-electron chi connectivity index (χ4n) is 7.08. The molecule has 14 heteroatoms. The van der Waals surface area contributed by atoms with Gasteiger partial charge < -0.3 is 21.1 Å². The number of amides is 3. The van der Waals surface area contributed by atoms with E-state index in [2.05, 4.69) is 20.6 Å². The van der Waals surface area contributed by atoms with E-state index in [4.69, 9.17) is 10.5 Å². The van der Waals surface area contributed by atoms with Crippen LogP contribution in [0.4, 0.5) is 13.2 Å². The van der Waals surface area contributed by atoms with Crippen LogP contribution in [0.2, 0.25) is 0 Å². The summed E-state index contributed by atoms with van der Waals surface area (Å²) in [6.07, 6.45) is -2.92. The number of primary amides is 1. The van der Waals surface area contributed by atoms with E-state index in [9.17, 15) is 32.3 Å². The Labute approximate surface area is 282 Å². The average Bonchev–Trinajstić information content (AvgIpc) is 3.63. The summed E-state index contributed by atoms with van der Waals surface area (Å²) in [6.45, 7) is 4.69. The molecule has 2 aromatic carbocycles. The van der Waals surface area contributed by atoms with Gasteiger partial charge in [0.15, 0.2) is 0 Å². The highest BCUT2D eigenvalue weighted by atomic mass is 19.4. The highest BCUT2D eigenvalue weighted by molar-refractivity contribution is 5.98. The van der Waals surface area contributed by atoms with Crippen LogP contribution < -0.4 is 16.4 Å². The van der Waals surface area contributed by atoms with Crippen molar-refractivity contribution in [2.75, 3.05) is 6.54 Å². The summed E-state index contributed by atoms with van der Waals surface area (Å²) in [5.74, 6) is -3.37. The number of aryl methyl sites for hydroxylation is 2. The van der Waals surface area contributed by atoms with Crippen molar-refractivity contribution in [2.24, 2.45) is 11.7 Å². The lowest BCUT2D eigenvalue weighted by Crippen LogP contribution is -2.58. The van der Waals surface area contributed by atoms with Crippen molar-refractivity contribution >= 4 is 34.7 Å². The summed E-state index contributed by atoms with van der Waals surface area (Å²) in [5, 5.41) is 5.29. The average molecular weight is 683 g/mol. The molecule has 1 aromatic heterocycles. The predicted octanol–water partition coefficient (Wildman–Crippen LogP) is 3.68. The molecule has 49 heavy (non-hydrogen) atoms. The number of carbonyl (C=O) groups excluding carboxylic acids is 4. The van der Waals surface area contributed by atoms with Gasteiger partial charge in [-0.25, -0.2) is 4.98 Å². The van der Waals surface area contributed by atoms with Crippen LogP contribution in [0, 0.1) is 19.8 Å². The minimum absolute atomic E-state index is 0.0414. The lowest BCUT2D eigenvalue weighted by Gasteiger charge is -2.37. The quantitative estimate of drug-likeness (QED) is 0.244. The summed E-state index contributed by atoms with van der Waals surface area (Å²) in [5.41, 5.74) is 9.04. The van der Waals surface area contributed by atoms with Crippen LogP contribution in [0.5, 0.6) is 0 Å². The molecule has 1 saturated heterocycles. The molecule has 2 aliphatic rings. The van der Waals surface area contributed by atoms with Gasteiger partial charge in [0.05, 0.1) is 29.7 Å². The number of nitrogens with zero attached hydrogens (tertiary/aromatic N) is 3. The van der Waals surface area contributed by atoms with Crippen molar-refractivity contribution in [3.63, 3.8) is 0 Å².